The number of methoxy groups -OCH3 is 1. The van der Waals surface area contributed by atoms with Crippen molar-refractivity contribution in [3.63, 3.8) is 0 Å². The van der Waals surface area contributed by atoms with E-state index in [2.05, 4.69) is 10.6 Å². The van der Waals surface area contributed by atoms with Crippen molar-refractivity contribution in [1.82, 2.24) is 10.6 Å². The van der Waals surface area contributed by atoms with Crippen molar-refractivity contribution in [2.24, 2.45) is 5.92 Å². The molecule has 0 heterocycles. The molecule has 3 aromatic rings. The quantitative estimate of drug-likeness (QED) is 0.344. The Morgan fingerprint density at radius 2 is 1.32 bits per heavy atom. The van der Waals surface area contributed by atoms with Crippen molar-refractivity contribution < 1.29 is 28.6 Å². The number of nitrogens with one attached hydrogen (secondary N) is 2. The molecule has 0 radical (unpaired) electrons. The Balaban J connectivity index is 1.57. The Hall–Kier alpha value is -4.33. The SMILES string of the molecule is COC(=O)[C@H](Cc1ccc(OCc2ccccc2)cc1)NC(=O)[C@@H](NC(=O)OCc1ccccc1)C(C)C. The monoisotopic (exact) mass is 518 g/mol. The Morgan fingerprint density at radius 1 is 0.737 bits per heavy atom. The van der Waals surface area contributed by atoms with E-state index in [-0.39, 0.29) is 18.9 Å². The lowest BCUT2D eigenvalue weighted by Crippen LogP contribution is -2.54. The van der Waals surface area contributed by atoms with Gasteiger partial charge in [-0.25, -0.2) is 9.59 Å². The molecule has 0 saturated heterocycles. The molecule has 38 heavy (non-hydrogen) atoms. The summed E-state index contributed by atoms with van der Waals surface area (Å²) >= 11 is 0. The summed E-state index contributed by atoms with van der Waals surface area (Å²) in [6, 6.07) is 24.5. The second kappa shape index (κ2) is 14.4. The van der Waals surface area contributed by atoms with Crippen LogP contribution in [0.1, 0.15) is 30.5 Å². The first-order chi connectivity index (χ1) is 18.4. The smallest absolute Gasteiger partial charge is 0.408 e. The van der Waals surface area contributed by atoms with Gasteiger partial charge in [-0.1, -0.05) is 86.6 Å². The normalized spacial score (nSPS) is 12.2. The first-order valence-corrected chi connectivity index (χ1v) is 12.5. The first-order valence-electron chi connectivity index (χ1n) is 12.5. The van der Waals surface area contributed by atoms with E-state index in [1.807, 2.05) is 84.9 Å². The Kier molecular flexibility index (Phi) is 10.7. The Morgan fingerprint density at radius 3 is 1.87 bits per heavy atom. The molecule has 200 valence electrons. The van der Waals surface area contributed by atoms with Gasteiger partial charge < -0.3 is 24.8 Å². The minimum Gasteiger partial charge on any atom is -0.489 e. The zero-order chi connectivity index (χ0) is 27.3. The fraction of sp³-hybridized carbons (Fsp3) is 0.300. The van der Waals surface area contributed by atoms with Crippen LogP contribution in [0.5, 0.6) is 5.75 Å². The number of alkyl carbamates (subject to hydrolysis) is 1. The van der Waals surface area contributed by atoms with Crippen LogP contribution >= 0.6 is 0 Å². The van der Waals surface area contributed by atoms with Crippen molar-refractivity contribution in [3.05, 3.63) is 102 Å². The van der Waals surface area contributed by atoms with Crippen LogP contribution in [0.3, 0.4) is 0 Å². The predicted molar refractivity (Wildman–Crippen MR) is 143 cm³/mol. The number of carbonyl (C=O) groups is 3. The highest BCUT2D eigenvalue weighted by molar-refractivity contribution is 5.90. The lowest BCUT2D eigenvalue weighted by atomic mass is 10.0. The van der Waals surface area contributed by atoms with Crippen LogP contribution in [-0.4, -0.2) is 37.2 Å². The first kappa shape index (κ1) is 28.2. The van der Waals surface area contributed by atoms with Gasteiger partial charge in [0.2, 0.25) is 5.91 Å². The van der Waals surface area contributed by atoms with Crippen LogP contribution in [0.2, 0.25) is 0 Å². The van der Waals surface area contributed by atoms with E-state index in [1.165, 1.54) is 7.11 Å². The van der Waals surface area contributed by atoms with E-state index < -0.39 is 30.1 Å². The third kappa shape index (κ3) is 8.96. The largest absolute Gasteiger partial charge is 0.489 e. The molecule has 2 atom stereocenters. The van der Waals surface area contributed by atoms with Crippen molar-refractivity contribution in [2.75, 3.05) is 7.11 Å². The average Bonchev–Trinajstić information content (AvgIpc) is 2.94. The molecule has 0 saturated carbocycles. The fourth-order valence-electron chi connectivity index (χ4n) is 3.72. The Bertz CT molecular complexity index is 1170. The topological polar surface area (TPSA) is 103 Å². The molecular formula is C30H34N2O6. The van der Waals surface area contributed by atoms with Gasteiger partial charge in [0.15, 0.2) is 0 Å². The molecule has 0 aliphatic heterocycles. The number of hydrogen-bond donors (Lipinski definition) is 2. The number of hydrogen-bond acceptors (Lipinski definition) is 6. The molecule has 0 aliphatic carbocycles. The van der Waals surface area contributed by atoms with Crippen molar-refractivity contribution in [2.45, 2.75) is 45.6 Å². The van der Waals surface area contributed by atoms with E-state index >= 15 is 0 Å². The summed E-state index contributed by atoms with van der Waals surface area (Å²) in [5, 5.41) is 5.33. The van der Waals surface area contributed by atoms with Crippen LogP contribution in [0.15, 0.2) is 84.9 Å². The maximum absolute atomic E-state index is 13.1. The number of carbonyl (C=O) groups excluding carboxylic acids is 3. The number of amides is 2. The van der Waals surface area contributed by atoms with Gasteiger partial charge in [-0.3, -0.25) is 4.79 Å². The van der Waals surface area contributed by atoms with Crippen LogP contribution in [0, 0.1) is 5.92 Å². The molecule has 8 nitrogen and oxygen atoms in total. The number of ether oxygens (including phenoxy) is 3. The number of esters is 1. The third-order valence-corrected chi connectivity index (χ3v) is 5.85. The third-order valence-electron chi connectivity index (χ3n) is 5.85. The second-order valence-corrected chi connectivity index (χ2v) is 9.13. The highest BCUT2D eigenvalue weighted by atomic mass is 16.5. The van der Waals surface area contributed by atoms with Gasteiger partial charge in [0.25, 0.3) is 0 Å². The standard InChI is InChI=1S/C30H34N2O6/c1-21(2)27(32-30(35)38-20-24-12-8-5-9-13-24)28(33)31-26(29(34)36-3)18-22-14-16-25(17-15-22)37-19-23-10-6-4-7-11-23/h4-17,21,26-27H,18-20H2,1-3H3,(H,31,33)(H,32,35)/t26-,27-/m0/s1. The zero-order valence-electron chi connectivity index (χ0n) is 21.9. The minimum absolute atomic E-state index is 0.0783. The lowest BCUT2D eigenvalue weighted by Gasteiger charge is -2.24. The molecule has 0 bridgehead atoms. The van der Waals surface area contributed by atoms with E-state index in [9.17, 15) is 14.4 Å². The lowest BCUT2D eigenvalue weighted by molar-refractivity contribution is -0.145. The molecule has 2 N–H and O–H groups in total. The van der Waals surface area contributed by atoms with Crippen molar-refractivity contribution in [1.29, 1.82) is 0 Å². The van der Waals surface area contributed by atoms with Gasteiger partial charge in [0.1, 0.15) is 31.0 Å². The van der Waals surface area contributed by atoms with Gasteiger partial charge in [-0.15, -0.1) is 0 Å². The second-order valence-electron chi connectivity index (χ2n) is 9.13. The van der Waals surface area contributed by atoms with Crippen molar-refractivity contribution in [3.8, 4) is 5.75 Å². The van der Waals surface area contributed by atoms with Gasteiger partial charge >= 0.3 is 12.1 Å². The summed E-state index contributed by atoms with van der Waals surface area (Å²) in [6.45, 7) is 4.11. The zero-order valence-corrected chi connectivity index (χ0v) is 21.9. The summed E-state index contributed by atoms with van der Waals surface area (Å²) in [4.78, 5) is 37.9. The van der Waals surface area contributed by atoms with Crippen LogP contribution < -0.4 is 15.4 Å². The molecule has 3 rings (SSSR count). The predicted octanol–water partition coefficient (Wildman–Crippen LogP) is 4.42. The molecule has 0 fully saturated rings. The summed E-state index contributed by atoms with van der Waals surface area (Å²) in [6.07, 6.45) is -0.510. The van der Waals surface area contributed by atoms with Gasteiger partial charge in [-0.05, 0) is 34.7 Å². The molecule has 0 aliphatic rings. The molecule has 0 spiro atoms. The summed E-state index contributed by atoms with van der Waals surface area (Å²) in [7, 11) is 1.27. The van der Waals surface area contributed by atoms with E-state index in [4.69, 9.17) is 14.2 Å². The van der Waals surface area contributed by atoms with E-state index in [0.29, 0.717) is 12.4 Å². The highest BCUT2D eigenvalue weighted by Gasteiger charge is 2.30. The number of rotatable bonds is 12. The molecule has 8 heteroatoms. The van der Waals surface area contributed by atoms with Gasteiger partial charge in [0, 0.05) is 6.42 Å². The maximum atomic E-state index is 13.1. The van der Waals surface area contributed by atoms with E-state index in [1.54, 1.807) is 13.8 Å². The molecule has 2 amide bonds. The van der Waals surface area contributed by atoms with E-state index in [0.717, 1.165) is 16.7 Å². The van der Waals surface area contributed by atoms with Crippen LogP contribution in [0.25, 0.3) is 0 Å². The average molecular weight is 519 g/mol. The summed E-state index contributed by atoms with van der Waals surface area (Å²) in [5.74, 6) is -0.653. The van der Waals surface area contributed by atoms with Gasteiger partial charge in [0.05, 0.1) is 7.11 Å². The Labute approximate surface area is 223 Å². The van der Waals surface area contributed by atoms with Crippen LogP contribution in [-0.2, 0) is 38.7 Å². The maximum Gasteiger partial charge on any atom is 0.408 e. The fourth-order valence-corrected chi connectivity index (χ4v) is 3.72. The van der Waals surface area contributed by atoms with Gasteiger partial charge in [-0.2, -0.15) is 0 Å². The molecule has 3 aromatic carbocycles. The molecule has 0 unspecified atom stereocenters. The highest BCUT2D eigenvalue weighted by Crippen LogP contribution is 2.16. The van der Waals surface area contributed by atoms with Crippen LogP contribution in [0.4, 0.5) is 4.79 Å². The minimum atomic E-state index is -0.938. The molecule has 0 aromatic heterocycles. The summed E-state index contributed by atoms with van der Waals surface area (Å²) in [5.41, 5.74) is 2.70. The molecular weight excluding hydrogens is 484 g/mol. The van der Waals surface area contributed by atoms with Crippen molar-refractivity contribution >= 4 is 18.0 Å². The summed E-state index contributed by atoms with van der Waals surface area (Å²) < 4.78 is 16.0. The number of benzene rings is 3.